The summed E-state index contributed by atoms with van der Waals surface area (Å²) in [5, 5.41) is 2.78. The van der Waals surface area contributed by atoms with Gasteiger partial charge in [-0.25, -0.2) is 0 Å². The zero-order valence-electron chi connectivity index (χ0n) is 16.0. The lowest BCUT2D eigenvalue weighted by Crippen LogP contribution is -2.45. The Morgan fingerprint density at radius 3 is 2.33 bits per heavy atom. The molecule has 0 aromatic heterocycles. The smallest absolute Gasteiger partial charge is 0.252 e. The zero-order valence-corrected chi connectivity index (χ0v) is 18.1. The van der Waals surface area contributed by atoms with Gasteiger partial charge in [0.25, 0.3) is 5.91 Å². The summed E-state index contributed by atoms with van der Waals surface area (Å²) in [5.74, 6) is 0.555. The first-order valence-electron chi connectivity index (χ1n) is 10.2. The molecule has 6 heteroatoms. The Kier molecular flexibility index (Phi) is 7.93. The molecule has 0 aliphatic carbocycles. The molecule has 2 saturated heterocycles. The lowest BCUT2D eigenvalue weighted by molar-refractivity contribution is -0.131. The van der Waals surface area contributed by atoms with Gasteiger partial charge in [0.05, 0.1) is 12.1 Å². The van der Waals surface area contributed by atoms with Crippen LogP contribution in [0.5, 0.6) is 0 Å². The molecule has 2 aliphatic heterocycles. The predicted octanol–water partition coefficient (Wildman–Crippen LogP) is 3.14. The molecule has 0 spiro atoms. The van der Waals surface area contributed by atoms with Crippen LogP contribution in [-0.2, 0) is 4.79 Å². The van der Waals surface area contributed by atoms with E-state index >= 15 is 0 Å². The van der Waals surface area contributed by atoms with Crippen LogP contribution in [0.2, 0.25) is 0 Å². The maximum Gasteiger partial charge on any atom is 0.252 e. The van der Waals surface area contributed by atoms with Crippen LogP contribution in [0.15, 0.2) is 24.3 Å². The van der Waals surface area contributed by atoms with E-state index in [0.29, 0.717) is 11.5 Å². The van der Waals surface area contributed by atoms with Crippen molar-refractivity contribution in [3.8, 4) is 0 Å². The van der Waals surface area contributed by atoms with Crippen molar-refractivity contribution in [2.75, 3.05) is 39.3 Å². The molecule has 2 amide bonds. The summed E-state index contributed by atoms with van der Waals surface area (Å²) < 4.78 is 0.898. The van der Waals surface area contributed by atoms with Gasteiger partial charge in [-0.2, -0.15) is 0 Å². The van der Waals surface area contributed by atoms with Crippen LogP contribution < -0.4 is 5.32 Å². The standard InChI is InChI=1S/C21H30IN3O2/c22-19-8-4-3-7-18(19)21(27)23-15-20(26)25-13-9-17(10-14-25)16-24-11-5-1-2-6-12-24/h3-4,7-8,17H,1-2,5-6,9-16H2,(H,23,27). The van der Waals surface area contributed by atoms with Gasteiger partial charge in [-0.3, -0.25) is 9.59 Å². The van der Waals surface area contributed by atoms with E-state index in [4.69, 9.17) is 0 Å². The molecule has 5 nitrogen and oxygen atoms in total. The van der Waals surface area contributed by atoms with Gasteiger partial charge in [0, 0.05) is 23.2 Å². The molecule has 0 unspecified atom stereocenters. The Labute approximate surface area is 176 Å². The Bertz CT molecular complexity index is 636. The van der Waals surface area contributed by atoms with E-state index in [0.717, 1.165) is 29.5 Å². The van der Waals surface area contributed by atoms with Crippen molar-refractivity contribution >= 4 is 34.4 Å². The van der Waals surface area contributed by atoms with E-state index in [2.05, 4.69) is 32.8 Å². The number of amides is 2. The average molecular weight is 483 g/mol. The highest BCUT2D eigenvalue weighted by Gasteiger charge is 2.25. The molecule has 1 N–H and O–H groups in total. The fourth-order valence-corrected chi connectivity index (χ4v) is 4.69. The highest BCUT2D eigenvalue weighted by atomic mass is 127. The van der Waals surface area contributed by atoms with Gasteiger partial charge >= 0.3 is 0 Å². The van der Waals surface area contributed by atoms with Gasteiger partial charge in [-0.15, -0.1) is 0 Å². The van der Waals surface area contributed by atoms with Crippen LogP contribution >= 0.6 is 22.6 Å². The van der Waals surface area contributed by atoms with Crippen LogP contribution in [0.3, 0.4) is 0 Å². The van der Waals surface area contributed by atoms with E-state index in [1.807, 2.05) is 23.1 Å². The molecule has 1 aromatic carbocycles. The van der Waals surface area contributed by atoms with Crippen LogP contribution in [-0.4, -0.2) is 60.9 Å². The van der Waals surface area contributed by atoms with Crippen LogP contribution in [0, 0.1) is 9.49 Å². The Morgan fingerprint density at radius 1 is 1.00 bits per heavy atom. The van der Waals surface area contributed by atoms with Crippen molar-refractivity contribution in [1.82, 2.24) is 15.1 Å². The summed E-state index contributed by atoms with van der Waals surface area (Å²) in [5.41, 5.74) is 0.627. The minimum absolute atomic E-state index is 0.0301. The first kappa shape index (κ1) is 20.6. The van der Waals surface area contributed by atoms with Crippen molar-refractivity contribution in [3.63, 3.8) is 0 Å². The van der Waals surface area contributed by atoms with Gasteiger partial charge in [0.1, 0.15) is 0 Å². The quantitative estimate of drug-likeness (QED) is 0.655. The van der Waals surface area contributed by atoms with Crippen LogP contribution in [0.25, 0.3) is 0 Å². The highest BCUT2D eigenvalue weighted by molar-refractivity contribution is 14.1. The molecule has 148 valence electrons. The molecule has 0 bridgehead atoms. The van der Waals surface area contributed by atoms with Crippen molar-refractivity contribution < 1.29 is 9.59 Å². The summed E-state index contributed by atoms with van der Waals surface area (Å²) in [7, 11) is 0. The first-order valence-corrected chi connectivity index (χ1v) is 11.2. The first-order chi connectivity index (χ1) is 13.1. The number of piperidine rings is 1. The van der Waals surface area contributed by atoms with E-state index in [1.165, 1.54) is 45.3 Å². The number of halogens is 1. The molecule has 2 heterocycles. The van der Waals surface area contributed by atoms with Gasteiger partial charge in [-0.05, 0) is 79.4 Å². The van der Waals surface area contributed by atoms with Crippen molar-refractivity contribution in [2.45, 2.75) is 38.5 Å². The number of rotatable bonds is 5. The van der Waals surface area contributed by atoms with Crippen LogP contribution in [0.1, 0.15) is 48.9 Å². The van der Waals surface area contributed by atoms with E-state index in [9.17, 15) is 9.59 Å². The Morgan fingerprint density at radius 2 is 1.67 bits per heavy atom. The maximum absolute atomic E-state index is 12.5. The minimum atomic E-state index is -0.176. The number of carbonyl (C=O) groups excluding carboxylic acids is 2. The average Bonchev–Trinajstić information content (AvgIpc) is 2.95. The SMILES string of the molecule is O=C(NCC(=O)N1CCC(CN2CCCCCC2)CC1)c1ccccc1I. The fraction of sp³-hybridized carbons (Fsp3) is 0.619. The second-order valence-electron chi connectivity index (χ2n) is 7.70. The molecular weight excluding hydrogens is 453 g/mol. The molecule has 0 radical (unpaired) electrons. The molecule has 27 heavy (non-hydrogen) atoms. The largest absolute Gasteiger partial charge is 0.343 e. The molecule has 2 fully saturated rings. The van der Waals surface area contributed by atoms with Gasteiger partial charge in [-0.1, -0.05) is 25.0 Å². The Hall–Kier alpha value is -1.15. The number of likely N-dealkylation sites (tertiary alicyclic amines) is 2. The summed E-state index contributed by atoms with van der Waals surface area (Å²) in [4.78, 5) is 29.3. The van der Waals surface area contributed by atoms with Crippen molar-refractivity contribution in [3.05, 3.63) is 33.4 Å². The second-order valence-corrected chi connectivity index (χ2v) is 8.86. The van der Waals surface area contributed by atoms with Gasteiger partial charge in [0.2, 0.25) is 5.91 Å². The third-order valence-electron chi connectivity index (χ3n) is 5.70. The second kappa shape index (κ2) is 10.4. The number of nitrogens with zero attached hydrogens (tertiary/aromatic N) is 2. The topological polar surface area (TPSA) is 52.7 Å². The fourth-order valence-electron chi connectivity index (χ4n) is 4.06. The minimum Gasteiger partial charge on any atom is -0.343 e. The van der Waals surface area contributed by atoms with Crippen molar-refractivity contribution in [1.29, 1.82) is 0 Å². The van der Waals surface area contributed by atoms with E-state index in [-0.39, 0.29) is 18.4 Å². The summed E-state index contributed by atoms with van der Waals surface area (Å²) in [6.07, 6.45) is 7.56. The molecule has 3 rings (SSSR count). The number of hydrogen-bond acceptors (Lipinski definition) is 3. The van der Waals surface area contributed by atoms with Crippen LogP contribution in [0.4, 0.5) is 0 Å². The molecule has 0 atom stereocenters. The predicted molar refractivity (Wildman–Crippen MR) is 116 cm³/mol. The monoisotopic (exact) mass is 483 g/mol. The third-order valence-corrected chi connectivity index (χ3v) is 6.64. The number of carbonyl (C=O) groups is 2. The summed E-state index contributed by atoms with van der Waals surface area (Å²) in [6.45, 7) is 5.38. The van der Waals surface area contributed by atoms with E-state index < -0.39 is 0 Å². The normalized spacial score (nSPS) is 19.5. The molecule has 2 aliphatic rings. The van der Waals surface area contributed by atoms with Gasteiger partial charge < -0.3 is 15.1 Å². The maximum atomic E-state index is 12.5. The number of benzene rings is 1. The highest BCUT2D eigenvalue weighted by Crippen LogP contribution is 2.20. The number of hydrogen-bond donors (Lipinski definition) is 1. The summed E-state index contributed by atoms with van der Waals surface area (Å²) >= 11 is 2.14. The Balaban J connectivity index is 1.39. The lowest BCUT2D eigenvalue weighted by atomic mass is 9.96. The number of nitrogens with one attached hydrogen (secondary N) is 1. The molecule has 0 saturated carbocycles. The lowest BCUT2D eigenvalue weighted by Gasteiger charge is -2.34. The zero-order chi connectivity index (χ0) is 19.1. The van der Waals surface area contributed by atoms with E-state index in [1.54, 1.807) is 6.07 Å². The van der Waals surface area contributed by atoms with Gasteiger partial charge in [0.15, 0.2) is 0 Å². The summed E-state index contributed by atoms with van der Waals surface area (Å²) in [6, 6.07) is 7.43. The third kappa shape index (κ3) is 6.17. The molecule has 1 aromatic rings. The molecular formula is C21H30IN3O2. The van der Waals surface area contributed by atoms with Crippen molar-refractivity contribution in [2.24, 2.45) is 5.92 Å².